The number of methoxy groups -OCH3 is 2. The van der Waals surface area contributed by atoms with Crippen molar-refractivity contribution in [3.8, 4) is 22.1 Å². The van der Waals surface area contributed by atoms with Crippen LogP contribution in [0.5, 0.6) is 11.5 Å². The van der Waals surface area contributed by atoms with Gasteiger partial charge in [0, 0.05) is 44.6 Å². The first-order valence-corrected chi connectivity index (χ1v) is 9.34. The van der Waals surface area contributed by atoms with E-state index in [2.05, 4.69) is 15.2 Å². The molecule has 7 heteroatoms. The summed E-state index contributed by atoms with van der Waals surface area (Å²) in [5, 5.41) is 12.1. The molecule has 0 atom stereocenters. The summed E-state index contributed by atoms with van der Waals surface area (Å²) in [7, 11) is 3.30. The standard InChI is InChI=1S/C18H25N3O3S/c1-23-16-5-3-4-15(17(16)24-2)18-19-14(13-25-18)12-21-8-6-20(7-9-21)10-11-22/h3-5,13,22H,6-12H2,1-2H3. The van der Waals surface area contributed by atoms with Gasteiger partial charge in [-0.3, -0.25) is 9.80 Å². The van der Waals surface area contributed by atoms with Gasteiger partial charge >= 0.3 is 0 Å². The van der Waals surface area contributed by atoms with E-state index in [1.165, 1.54) is 0 Å². The Morgan fingerprint density at radius 1 is 1.12 bits per heavy atom. The molecule has 1 fully saturated rings. The molecule has 0 radical (unpaired) electrons. The van der Waals surface area contributed by atoms with E-state index in [1.54, 1.807) is 25.6 Å². The van der Waals surface area contributed by atoms with Gasteiger partial charge in [-0.2, -0.15) is 0 Å². The van der Waals surface area contributed by atoms with Crippen LogP contribution in [0.3, 0.4) is 0 Å². The van der Waals surface area contributed by atoms with Gasteiger partial charge in [-0.25, -0.2) is 4.98 Å². The van der Waals surface area contributed by atoms with Gasteiger partial charge in [0.15, 0.2) is 11.5 Å². The molecule has 0 bridgehead atoms. The molecular formula is C18H25N3O3S. The summed E-state index contributed by atoms with van der Waals surface area (Å²) in [5.74, 6) is 1.44. The highest BCUT2D eigenvalue weighted by Gasteiger charge is 2.19. The van der Waals surface area contributed by atoms with Gasteiger partial charge < -0.3 is 14.6 Å². The average molecular weight is 363 g/mol. The van der Waals surface area contributed by atoms with E-state index in [1.807, 2.05) is 18.2 Å². The molecule has 2 heterocycles. The van der Waals surface area contributed by atoms with Crippen LogP contribution < -0.4 is 9.47 Å². The lowest BCUT2D eigenvalue weighted by molar-refractivity contribution is 0.108. The van der Waals surface area contributed by atoms with Gasteiger partial charge in [0.05, 0.1) is 32.1 Å². The zero-order chi connectivity index (χ0) is 17.6. The number of thiazole rings is 1. The van der Waals surface area contributed by atoms with E-state index in [9.17, 15) is 0 Å². The summed E-state index contributed by atoms with van der Waals surface area (Å²) < 4.78 is 10.9. The van der Waals surface area contributed by atoms with Crippen molar-refractivity contribution in [2.24, 2.45) is 0 Å². The van der Waals surface area contributed by atoms with E-state index in [0.717, 1.165) is 67.0 Å². The fourth-order valence-electron chi connectivity index (χ4n) is 3.10. The molecule has 6 nitrogen and oxygen atoms in total. The van der Waals surface area contributed by atoms with Crippen LogP contribution >= 0.6 is 11.3 Å². The maximum absolute atomic E-state index is 9.03. The molecule has 0 saturated carbocycles. The largest absolute Gasteiger partial charge is 0.493 e. The maximum Gasteiger partial charge on any atom is 0.170 e. The molecule has 1 saturated heterocycles. The molecule has 0 aliphatic carbocycles. The maximum atomic E-state index is 9.03. The van der Waals surface area contributed by atoms with Crippen molar-refractivity contribution in [1.82, 2.24) is 14.8 Å². The van der Waals surface area contributed by atoms with E-state index >= 15 is 0 Å². The summed E-state index contributed by atoms with van der Waals surface area (Å²) in [6.07, 6.45) is 0. The molecular weight excluding hydrogens is 338 g/mol. The third-order valence-corrected chi connectivity index (χ3v) is 5.38. The van der Waals surface area contributed by atoms with Crippen molar-refractivity contribution in [2.75, 3.05) is 53.6 Å². The molecule has 2 aromatic rings. The molecule has 1 aliphatic rings. The third-order valence-electron chi connectivity index (χ3n) is 4.45. The molecule has 0 unspecified atom stereocenters. The number of piperazine rings is 1. The number of hydrogen-bond acceptors (Lipinski definition) is 7. The lowest BCUT2D eigenvalue weighted by Crippen LogP contribution is -2.46. The first-order valence-electron chi connectivity index (χ1n) is 8.46. The first kappa shape index (κ1) is 18.1. The zero-order valence-corrected chi connectivity index (χ0v) is 15.6. The number of β-amino-alcohol motifs (C(OH)–C–C–N with tert-alkyl or cyclic N) is 1. The van der Waals surface area contributed by atoms with Crippen LogP contribution in [0, 0.1) is 0 Å². The van der Waals surface area contributed by atoms with E-state index in [-0.39, 0.29) is 6.61 Å². The van der Waals surface area contributed by atoms with Crippen molar-refractivity contribution in [1.29, 1.82) is 0 Å². The van der Waals surface area contributed by atoms with Crippen LogP contribution in [0.1, 0.15) is 5.69 Å². The minimum Gasteiger partial charge on any atom is -0.493 e. The Morgan fingerprint density at radius 2 is 1.88 bits per heavy atom. The van der Waals surface area contributed by atoms with E-state index in [4.69, 9.17) is 19.6 Å². The quantitative estimate of drug-likeness (QED) is 0.811. The van der Waals surface area contributed by atoms with Crippen molar-refractivity contribution < 1.29 is 14.6 Å². The van der Waals surface area contributed by atoms with Crippen molar-refractivity contribution >= 4 is 11.3 Å². The fraction of sp³-hybridized carbons (Fsp3) is 0.500. The topological polar surface area (TPSA) is 58.1 Å². The van der Waals surface area contributed by atoms with Crippen LogP contribution in [-0.4, -0.2) is 73.4 Å². The second-order valence-electron chi connectivity index (χ2n) is 6.03. The number of rotatable bonds is 7. The van der Waals surface area contributed by atoms with Crippen molar-refractivity contribution in [2.45, 2.75) is 6.54 Å². The van der Waals surface area contributed by atoms with Crippen LogP contribution in [0.4, 0.5) is 0 Å². The molecule has 136 valence electrons. The molecule has 0 spiro atoms. The summed E-state index contributed by atoms with van der Waals surface area (Å²) in [5.41, 5.74) is 2.05. The van der Waals surface area contributed by atoms with Gasteiger partial charge in [0.25, 0.3) is 0 Å². The van der Waals surface area contributed by atoms with Crippen LogP contribution in [-0.2, 0) is 6.54 Å². The second kappa shape index (κ2) is 8.62. The van der Waals surface area contributed by atoms with Gasteiger partial charge in [0.2, 0.25) is 0 Å². The molecule has 1 aromatic heterocycles. The Kier molecular flexibility index (Phi) is 6.25. The van der Waals surface area contributed by atoms with Gasteiger partial charge in [-0.1, -0.05) is 6.07 Å². The number of hydrogen-bond donors (Lipinski definition) is 1. The molecule has 1 aliphatic heterocycles. The fourth-order valence-corrected chi connectivity index (χ4v) is 3.93. The Bertz CT molecular complexity index is 684. The Balaban J connectivity index is 1.67. The second-order valence-corrected chi connectivity index (χ2v) is 6.88. The molecule has 3 rings (SSSR count). The third kappa shape index (κ3) is 4.30. The van der Waals surface area contributed by atoms with Crippen LogP contribution in [0.15, 0.2) is 23.6 Å². The van der Waals surface area contributed by atoms with Crippen LogP contribution in [0.25, 0.3) is 10.6 Å². The van der Waals surface area contributed by atoms with Crippen molar-refractivity contribution in [3.63, 3.8) is 0 Å². The lowest BCUT2D eigenvalue weighted by Gasteiger charge is -2.33. The zero-order valence-electron chi connectivity index (χ0n) is 14.8. The van der Waals surface area contributed by atoms with E-state index in [0.29, 0.717) is 0 Å². The molecule has 0 amide bonds. The number of aromatic nitrogens is 1. The Morgan fingerprint density at radius 3 is 2.56 bits per heavy atom. The number of nitrogens with zero attached hydrogens (tertiary/aromatic N) is 3. The first-order chi connectivity index (χ1) is 12.2. The summed E-state index contributed by atoms with van der Waals surface area (Å²) in [4.78, 5) is 9.51. The number of aliphatic hydroxyl groups excluding tert-OH is 1. The summed E-state index contributed by atoms with van der Waals surface area (Å²) >= 11 is 1.63. The predicted molar refractivity (Wildman–Crippen MR) is 99.5 cm³/mol. The smallest absolute Gasteiger partial charge is 0.170 e. The highest BCUT2D eigenvalue weighted by Crippen LogP contribution is 2.39. The van der Waals surface area contributed by atoms with Crippen molar-refractivity contribution in [3.05, 3.63) is 29.3 Å². The van der Waals surface area contributed by atoms with E-state index < -0.39 is 0 Å². The average Bonchev–Trinajstić information content (AvgIpc) is 3.11. The molecule has 25 heavy (non-hydrogen) atoms. The lowest BCUT2D eigenvalue weighted by atomic mass is 10.2. The predicted octanol–water partition coefficient (Wildman–Crippen LogP) is 1.94. The Hall–Kier alpha value is -1.67. The SMILES string of the molecule is COc1cccc(-c2nc(CN3CCN(CCO)CC3)cs2)c1OC. The summed E-state index contributed by atoms with van der Waals surface area (Å²) in [6, 6.07) is 5.86. The number of para-hydroxylation sites is 1. The molecule has 1 N–H and O–H groups in total. The Labute approximate surface area is 152 Å². The minimum absolute atomic E-state index is 0.234. The monoisotopic (exact) mass is 363 g/mol. The summed E-state index contributed by atoms with van der Waals surface area (Å²) in [6.45, 7) is 5.88. The number of aliphatic hydroxyl groups is 1. The number of ether oxygens (including phenoxy) is 2. The van der Waals surface area contributed by atoms with Gasteiger partial charge in [-0.05, 0) is 12.1 Å². The van der Waals surface area contributed by atoms with Gasteiger partial charge in [0.1, 0.15) is 5.01 Å². The highest BCUT2D eigenvalue weighted by atomic mass is 32.1. The van der Waals surface area contributed by atoms with Crippen LogP contribution in [0.2, 0.25) is 0 Å². The highest BCUT2D eigenvalue weighted by molar-refractivity contribution is 7.13. The normalized spacial score (nSPS) is 16.1. The molecule has 1 aromatic carbocycles. The number of benzene rings is 1. The van der Waals surface area contributed by atoms with Gasteiger partial charge in [-0.15, -0.1) is 11.3 Å². The minimum atomic E-state index is 0.234.